The van der Waals surface area contributed by atoms with E-state index < -0.39 is 0 Å². The van der Waals surface area contributed by atoms with E-state index in [0.29, 0.717) is 0 Å². The van der Waals surface area contributed by atoms with Crippen LogP contribution >= 0.6 is 11.3 Å². The van der Waals surface area contributed by atoms with Crippen molar-refractivity contribution in [3.8, 4) is 0 Å². The van der Waals surface area contributed by atoms with Crippen molar-refractivity contribution >= 4 is 120 Å². The Balaban J connectivity index is 1.26. The summed E-state index contributed by atoms with van der Waals surface area (Å²) in [5.74, 6) is 0. The van der Waals surface area contributed by atoms with Crippen molar-refractivity contribution < 1.29 is 8.83 Å². The van der Waals surface area contributed by atoms with Gasteiger partial charge in [-0.05, 0) is 79.6 Å². The fraction of sp³-hybridized carbons (Fsp3) is 0.0370. The highest BCUT2D eigenvalue weighted by Gasteiger charge is 2.30. The zero-order valence-electron chi connectivity index (χ0n) is 32.4. The van der Waals surface area contributed by atoms with Crippen LogP contribution in [0.5, 0.6) is 0 Å². The maximum Gasteiger partial charge on any atom is 0.159 e. The quantitative estimate of drug-likeness (QED) is 0.157. The monoisotopic (exact) mass is 776 g/mol. The highest BCUT2D eigenvalue weighted by atomic mass is 32.1. The van der Waals surface area contributed by atoms with E-state index >= 15 is 0 Å². The standard InChI is InChI=1S/C54H36N2O2S/c1-33-15-11-17-35(31-33)55(44-26-13-24-41-37-19-5-8-28-46(37)57-52(41)44)50-39-21-3-4-22-40(39)51(54-49(50)43-23-7-10-30-48(43)59-54)56(36-18-12-16-34(2)32-36)45-27-14-25-42-38-20-6-9-29-47(38)58-53(42)45/h3-32H,1-2H3. The largest absolute Gasteiger partial charge is 0.454 e. The highest BCUT2D eigenvalue weighted by molar-refractivity contribution is 7.26. The Kier molecular flexibility index (Phi) is 7.50. The lowest BCUT2D eigenvalue weighted by Gasteiger charge is -2.32. The summed E-state index contributed by atoms with van der Waals surface area (Å²) in [6, 6.07) is 65.2. The Hall–Kier alpha value is -7.34. The van der Waals surface area contributed by atoms with Gasteiger partial charge in [0.1, 0.15) is 11.2 Å². The number of benzene rings is 9. The zero-order chi connectivity index (χ0) is 39.2. The lowest BCUT2D eigenvalue weighted by atomic mass is 9.97. The summed E-state index contributed by atoms with van der Waals surface area (Å²) in [7, 11) is 0. The summed E-state index contributed by atoms with van der Waals surface area (Å²) >= 11 is 1.85. The molecule has 280 valence electrons. The van der Waals surface area contributed by atoms with Gasteiger partial charge < -0.3 is 18.6 Å². The Morgan fingerprint density at radius 2 is 0.831 bits per heavy atom. The van der Waals surface area contributed by atoms with Crippen LogP contribution in [0.15, 0.2) is 191 Å². The van der Waals surface area contributed by atoms with Crippen LogP contribution in [0.4, 0.5) is 34.1 Å². The summed E-state index contributed by atoms with van der Waals surface area (Å²) < 4.78 is 16.1. The first-order valence-corrected chi connectivity index (χ1v) is 20.8. The first-order chi connectivity index (χ1) is 29.1. The molecule has 59 heavy (non-hydrogen) atoms. The van der Waals surface area contributed by atoms with Crippen LogP contribution in [0.25, 0.3) is 74.8 Å². The summed E-state index contributed by atoms with van der Waals surface area (Å²) in [5.41, 5.74) is 12.2. The van der Waals surface area contributed by atoms with E-state index in [1.807, 2.05) is 23.5 Å². The zero-order valence-corrected chi connectivity index (χ0v) is 33.3. The van der Waals surface area contributed by atoms with Gasteiger partial charge in [-0.2, -0.15) is 0 Å². The minimum Gasteiger partial charge on any atom is -0.454 e. The fourth-order valence-electron chi connectivity index (χ4n) is 9.18. The van der Waals surface area contributed by atoms with E-state index in [0.717, 1.165) is 88.8 Å². The van der Waals surface area contributed by atoms with E-state index in [2.05, 4.69) is 194 Å². The van der Waals surface area contributed by atoms with Gasteiger partial charge in [-0.1, -0.05) is 127 Å². The molecule has 12 rings (SSSR count). The lowest BCUT2D eigenvalue weighted by molar-refractivity contribution is 0.668. The normalized spacial score (nSPS) is 11.9. The maximum absolute atomic E-state index is 6.83. The van der Waals surface area contributed by atoms with Crippen molar-refractivity contribution in [2.75, 3.05) is 9.80 Å². The number of thiophene rings is 1. The molecule has 0 N–H and O–H groups in total. The van der Waals surface area contributed by atoms with Gasteiger partial charge in [-0.3, -0.25) is 0 Å². The molecule has 0 bridgehead atoms. The van der Waals surface area contributed by atoms with Gasteiger partial charge in [-0.15, -0.1) is 11.3 Å². The van der Waals surface area contributed by atoms with Crippen molar-refractivity contribution in [1.82, 2.24) is 0 Å². The van der Waals surface area contributed by atoms with Gasteiger partial charge in [0.25, 0.3) is 0 Å². The number of anilines is 6. The van der Waals surface area contributed by atoms with Crippen LogP contribution in [-0.2, 0) is 0 Å². The second-order valence-corrected chi connectivity index (χ2v) is 16.5. The smallest absolute Gasteiger partial charge is 0.159 e. The molecule has 3 aromatic heterocycles. The molecule has 0 aliphatic heterocycles. The van der Waals surface area contributed by atoms with Crippen LogP contribution in [0.3, 0.4) is 0 Å². The van der Waals surface area contributed by atoms with Crippen molar-refractivity contribution in [3.63, 3.8) is 0 Å². The molecular formula is C54H36N2O2S. The number of furan rings is 2. The van der Waals surface area contributed by atoms with E-state index in [1.165, 1.54) is 31.3 Å². The molecule has 0 radical (unpaired) electrons. The maximum atomic E-state index is 6.83. The molecule has 12 aromatic rings. The molecule has 0 amide bonds. The van der Waals surface area contributed by atoms with Crippen molar-refractivity contribution in [2.24, 2.45) is 0 Å². The first kappa shape index (κ1) is 33.8. The SMILES string of the molecule is Cc1cccc(N(c2cccc3c2oc2ccccc23)c2c3ccccc3c(N(c3cccc(C)c3)c3cccc4c3oc3ccccc34)c3c2sc2ccccc23)c1. The van der Waals surface area contributed by atoms with Gasteiger partial charge in [0, 0.05) is 59.2 Å². The van der Waals surface area contributed by atoms with Crippen LogP contribution in [0.2, 0.25) is 0 Å². The molecule has 9 aromatic carbocycles. The number of para-hydroxylation sites is 4. The van der Waals surface area contributed by atoms with Crippen LogP contribution < -0.4 is 9.80 Å². The number of fused-ring (bicyclic) bond motifs is 10. The number of nitrogens with zero attached hydrogens (tertiary/aromatic N) is 2. The first-order valence-electron chi connectivity index (χ1n) is 20.0. The average Bonchev–Trinajstić information content (AvgIpc) is 3.97. The number of hydrogen-bond acceptors (Lipinski definition) is 5. The molecule has 0 spiro atoms. The Labute approximate surface area is 344 Å². The third kappa shape index (κ3) is 5.15. The average molecular weight is 777 g/mol. The third-order valence-electron chi connectivity index (χ3n) is 11.7. The third-order valence-corrected chi connectivity index (χ3v) is 12.9. The highest BCUT2D eigenvalue weighted by Crippen LogP contribution is 2.57. The second kappa shape index (κ2) is 13.1. The second-order valence-electron chi connectivity index (χ2n) is 15.4. The summed E-state index contributed by atoms with van der Waals surface area (Å²) in [5, 5.41) is 9.04. The molecule has 5 heteroatoms. The predicted octanol–water partition coefficient (Wildman–Crippen LogP) is 16.6. The molecule has 3 heterocycles. The van der Waals surface area contributed by atoms with Gasteiger partial charge in [-0.25, -0.2) is 0 Å². The lowest BCUT2D eigenvalue weighted by Crippen LogP contribution is -2.14. The van der Waals surface area contributed by atoms with Crippen molar-refractivity contribution in [1.29, 1.82) is 0 Å². The van der Waals surface area contributed by atoms with Crippen LogP contribution in [0, 0.1) is 13.8 Å². The Bertz CT molecular complexity index is 3630. The predicted molar refractivity (Wildman–Crippen MR) is 250 cm³/mol. The molecular weight excluding hydrogens is 741 g/mol. The Morgan fingerprint density at radius 3 is 1.39 bits per heavy atom. The fourth-order valence-corrected chi connectivity index (χ4v) is 10.4. The molecule has 0 fully saturated rings. The van der Waals surface area contributed by atoms with Crippen LogP contribution in [0.1, 0.15) is 11.1 Å². The summed E-state index contributed by atoms with van der Waals surface area (Å²) in [6.45, 7) is 4.33. The summed E-state index contributed by atoms with van der Waals surface area (Å²) in [4.78, 5) is 4.89. The summed E-state index contributed by atoms with van der Waals surface area (Å²) in [6.07, 6.45) is 0. The topological polar surface area (TPSA) is 32.8 Å². The number of aryl methyl sites for hydroxylation is 2. The number of rotatable bonds is 6. The molecule has 0 aliphatic rings. The van der Waals surface area contributed by atoms with E-state index in [-0.39, 0.29) is 0 Å². The Morgan fingerprint density at radius 1 is 0.390 bits per heavy atom. The molecule has 0 unspecified atom stereocenters. The molecule has 0 saturated heterocycles. The number of hydrogen-bond donors (Lipinski definition) is 0. The van der Waals surface area contributed by atoms with Crippen LogP contribution in [-0.4, -0.2) is 0 Å². The van der Waals surface area contributed by atoms with Gasteiger partial charge in [0.15, 0.2) is 11.2 Å². The minimum absolute atomic E-state index is 0.856. The van der Waals surface area contributed by atoms with Crippen molar-refractivity contribution in [2.45, 2.75) is 13.8 Å². The van der Waals surface area contributed by atoms with Gasteiger partial charge >= 0.3 is 0 Å². The van der Waals surface area contributed by atoms with Crippen molar-refractivity contribution in [3.05, 3.63) is 193 Å². The minimum atomic E-state index is 0.856. The van der Waals surface area contributed by atoms with E-state index in [1.54, 1.807) is 0 Å². The van der Waals surface area contributed by atoms with E-state index in [4.69, 9.17) is 8.83 Å². The van der Waals surface area contributed by atoms with Gasteiger partial charge in [0.05, 0.1) is 27.4 Å². The molecule has 0 saturated carbocycles. The van der Waals surface area contributed by atoms with Gasteiger partial charge in [0.2, 0.25) is 0 Å². The van der Waals surface area contributed by atoms with E-state index in [9.17, 15) is 0 Å². The molecule has 0 atom stereocenters. The molecule has 4 nitrogen and oxygen atoms in total. The molecule has 0 aliphatic carbocycles.